The number of aromatic nitrogens is 2. The van der Waals surface area contributed by atoms with Crippen molar-refractivity contribution in [1.82, 2.24) is 9.38 Å². The van der Waals surface area contributed by atoms with E-state index in [1.165, 1.54) is 17.4 Å². The Morgan fingerprint density at radius 3 is 2.89 bits per heavy atom. The summed E-state index contributed by atoms with van der Waals surface area (Å²) in [5.74, 6) is -0.389. The molecule has 0 unspecified atom stereocenters. The van der Waals surface area contributed by atoms with Crippen LogP contribution >= 0.6 is 22.9 Å². The number of fused-ring (bicyclic) bond motifs is 1. The number of amides is 1. The zero-order valence-electron chi connectivity index (χ0n) is 15.1. The van der Waals surface area contributed by atoms with Crippen LogP contribution in [0.5, 0.6) is 0 Å². The lowest BCUT2D eigenvalue weighted by Crippen LogP contribution is -2.12. The number of anilines is 1. The first-order valence-corrected chi connectivity index (χ1v) is 10.0. The van der Waals surface area contributed by atoms with Gasteiger partial charge in [-0.25, -0.2) is 9.37 Å². The van der Waals surface area contributed by atoms with Crippen molar-refractivity contribution >= 4 is 39.5 Å². The summed E-state index contributed by atoms with van der Waals surface area (Å²) in [5, 5.41) is 5.46. The number of hydrogen-bond donors (Lipinski definition) is 1. The number of rotatable bonds is 5. The number of imidazole rings is 1. The minimum atomic E-state index is -0.300. The number of hydrogen-bond acceptors (Lipinski definition) is 3. The van der Waals surface area contributed by atoms with E-state index in [1.54, 1.807) is 24.3 Å². The molecule has 2 aromatic carbocycles. The van der Waals surface area contributed by atoms with E-state index < -0.39 is 0 Å². The molecule has 0 aliphatic rings. The highest BCUT2D eigenvalue weighted by atomic mass is 35.5. The van der Waals surface area contributed by atoms with Crippen LogP contribution in [0.3, 0.4) is 0 Å². The van der Waals surface area contributed by atoms with E-state index >= 15 is 0 Å². The molecule has 0 fully saturated rings. The first kappa shape index (κ1) is 18.7. The predicted octanol–water partition coefficient (Wildman–Crippen LogP) is 5.74. The normalized spacial score (nSPS) is 11.1. The molecule has 1 N–H and O–H groups in total. The smallest absolute Gasteiger partial charge is 0.224 e. The minimum absolute atomic E-state index is 0.0892. The van der Waals surface area contributed by atoms with Crippen LogP contribution in [0.25, 0.3) is 16.2 Å². The van der Waals surface area contributed by atoms with Crippen molar-refractivity contribution in [2.45, 2.75) is 19.8 Å². The van der Waals surface area contributed by atoms with Crippen LogP contribution in [0, 0.1) is 12.7 Å². The maximum absolute atomic E-state index is 14.0. The third-order valence-electron chi connectivity index (χ3n) is 4.50. The summed E-state index contributed by atoms with van der Waals surface area (Å²) in [4.78, 5) is 17.6. The van der Waals surface area contributed by atoms with Gasteiger partial charge in [0.05, 0.1) is 5.69 Å². The van der Waals surface area contributed by atoms with Gasteiger partial charge in [0, 0.05) is 40.0 Å². The minimum Gasteiger partial charge on any atom is -0.326 e. The molecule has 28 heavy (non-hydrogen) atoms. The summed E-state index contributed by atoms with van der Waals surface area (Å²) < 4.78 is 15.9. The number of aryl methyl sites for hydroxylation is 2. The topological polar surface area (TPSA) is 46.4 Å². The molecular formula is C21H17ClFN3OS. The summed E-state index contributed by atoms with van der Waals surface area (Å²) >= 11 is 7.57. The second-order valence-electron chi connectivity index (χ2n) is 6.50. The van der Waals surface area contributed by atoms with Gasteiger partial charge in [-0.2, -0.15) is 0 Å². The van der Waals surface area contributed by atoms with E-state index in [2.05, 4.69) is 10.3 Å². The van der Waals surface area contributed by atoms with Crippen LogP contribution in [0.2, 0.25) is 5.02 Å². The van der Waals surface area contributed by atoms with Crippen molar-refractivity contribution in [2.75, 3.05) is 5.32 Å². The molecule has 4 nitrogen and oxygen atoms in total. The molecule has 0 spiro atoms. The molecule has 0 aliphatic heterocycles. The Kier molecular flexibility index (Phi) is 5.15. The zero-order valence-corrected chi connectivity index (χ0v) is 16.6. The monoisotopic (exact) mass is 413 g/mol. The molecule has 0 atom stereocenters. The average molecular weight is 414 g/mol. The second kappa shape index (κ2) is 7.73. The van der Waals surface area contributed by atoms with Crippen LogP contribution in [-0.2, 0) is 11.2 Å². The molecule has 4 rings (SSSR count). The Bertz CT molecular complexity index is 1170. The van der Waals surface area contributed by atoms with E-state index in [9.17, 15) is 9.18 Å². The van der Waals surface area contributed by atoms with Gasteiger partial charge in [-0.15, -0.1) is 11.3 Å². The summed E-state index contributed by atoms with van der Waals surface area (Å²) in [6.07, 6.45) is 2.69. The quantitative estimate of drug-likeness (QED) is 0.453. The molecule has 2 aromatic heterocycles. The largest absolute Gasteiger partial charge is 0.326 e. The number of carbonyl (C=O) groups is 1. The van der Waals surface area contributed by atoms with Crippen LogP contribution in [0.15, 0.2) is 54.0 Å². The molecule has 142 valence electrons. The van der Waals surface area contributed by atoms with Crippen molar-refractivity contribution in [2.24, 2.45) is 0 Å². The Labute approximate surface area is 170 Å². The van der Waals surface area contributed by atoms with Crippen LogP contribution in [-0.4, -0.2) is 15.3 Å². The second-order valence-corrected chi connectivity index (χ2v) is 7.74. The maximum Gasteiger partial charge on any atom is 0.224 e. The lowest BCUT2D eigenvalue weighted by molar-refractivity contribution is -0.116. The number of thiazole rings is 1. The third kappa shape index (κ3) is 3.79. The first-order chi connectivity index (χ1) is 13.5. The van der Waals surface area contributed by atoms with Gasteiger partial charge in [0.25, 0.3) is 0 Å². The third-order valence-corrected chi connectivity index (χ3v) is 5.79. The van der Waals surface area contributed by atoms with Crippen molar-refractivity contribution < 1.29 is 9.18 Å². The lowest BCUT2D eigenvalue weighted by atomic mass is 10.1. The summed E-state index contributed by atoms with van der Waals surface area (Å²) in [6.45, 7) is 1.91. The predicted molar refractivity (Wildman–Crippen MR) is 112 cm³/mol. The van der Waals surface area contributed by atoms with E-state index in [0.29, 0.717) is 34.8 Å². The first-order valence-electron chi connectivity index (χ1n) is 8.77. The molecule has 2 heterocycles. The molecular weight excluding hydrogens is 397 g/mol. The Hall–Kier alpha value is -2.70. The highest BCUT2D eigenvalue weighted by Gasteiger charge is 2.13. The van der Waals surface area contributed by atoms with Gasteiger partial charge in [-0.1, -0.05) is 29.8 Å². The molecule has 0 aliphatic carbocycles. The van der Waals surface area contributed by atoms with Gasteiger partial charge in [0.15, 0.2) is 4.96 Å². The average Bonchev–Trinajstić information content (AvgIpc) is 3.24. The van der Waals surface area contributed by atoms with E-state index in [-0.39, 0.29) is 11.7 Å². The highest BCUT2D eigenvalue weighted by Crippen LogP contribution is 2.26. The number of nitrogens with zero attached hydrogens (tertiary/aromatic N) is 2. The van der Waals surface area contributed by atoms with Crippen molar-refractivity contribution in [3.63, 3.8) is 0 Å². The van der Waals surface area contributed by atoms with Gasteiger partial charge < -0.3 is 5.32 Å². The van der Waals surface area contributed by atoms with Crippen LogP contribution in [0.1, 0.15) is 17.7 Å². The maximum atomic E-state index is 14.0. The summed E-state index contributed by atoms with van der Waals surface area (Å²) in [7, 11) is 0. The fourth-order valence-corrected chi connectivity index (χ4v) is 4.03. The van der Waals surface area contributed by atoms with Gasteiger partial charge in [0.1, 0.15) is 5.82 Å². The highest BCUT2D eigenvalue weighted by molar-refractivity contribution is 7.15. The van der Waals surface area contributed by atoms with Crippen molar-refractivity contribution in [3.8, 4) is 11.3 Å². The molecule has 0 saturated carbocycles. The van der Waals surface area contributed by atoms with Crippen molar-refractivity contribution in [3.05, 3.63) is 76.1 Å². The number of nitrogens with one attached hydrogen (secondary N) is 1. The van der Waals surface area contributed by atoms with Gasteiger partial charge in [-0.3, -0.25) is 9.20 Å². The fourth-order valence-electron chi connectivity index (χ4n) is 2.94. The molecule has 7 heteroatoms. The molecule has 0 saturated heterocycles. The van der Waals surface area contributed by atoms with Gasteiger partial charge in [0.2, 0.25) is 5.91 Å². The van der Waals surface area contributed by atoms with E-state index in [4.69, 9.17) is 11.6 Å². The standard InChI is InChI=1S/C21H17ClFN3OS/c1-13-6-7-14(10-17(13)22)24-20(27)9-8-15-12-28-21-25-19(11-26(15)21)16-4-2-3-5-18(16)23/h2-7,10-12H,8-9H2,1H3,(H,24,27). The van der Waals surface area contributed by atoms with Crippen LogP contribution < -0.4 is 5.32 Å². The fraction of sp³-hybridized carbons (Fsp3) is 0.143. The van der Waals surface area contributed by atoms with E-state index in [1.807, 2.05) is 35.0 Å². The van der Waals surface area contributed by atoms with Crippen LogP contribution in [0.4, 0.5) is 10.1 Å². The van der Waals surface area contributed by atoms with Gasteiger partial charge in [-0.05, 0) is 43.2 Å². The Balaban J connectivity index is 1.47. The van der Waals surface area contributed by atoms with E-state index in [0.717, 1.165) is 16.2 Å². The zero-order chi connectivity index (χ0) is 19.7. The number of benzene rings is 2. The van der Waals surface area contributed by atoms with Crippen molar-refractivity contribution in [1.29, 1.82) is 0 Å². The Morgan fingerprint density at radius 2 is 2.11 bits per heavy atom. The van der Waals surface area contributed by atoms with Gasteiger partial charge >= 0.3 is 0 Å². The lowest BCUT2D eigenvalue weighted by Gasteiger charge is -2.06. The number of carbonyl (C=O) groups excluding carboxylic acids is 1. The summed E-state index contributed by atoms with van der Waals surface area (Å²) in [6, 6.07) is 12.0. The SMILES string of the molecule is Cc1ccc(NC(=O)CCc2csc3nc(-c4ccccc4F)cn23)cc1Cl. The Morgan fingerprint density at radius 1 is 1.29 bits per heavy atom. The molecule has 1 amide bonds. The molecule has 4 aromatic rings. The number of halogens is 2. The molecule has 0 bridgehead atoms. The summed E-state index contributed by atoms with van der Waals surface area (Å²) in [5.41, 5.74) is 3.67. The molecule has 0 radical (unpaired) electrons.